The van der Waals surface area contributed by atoms with Crippen molar-refractivity contribution in [2.24, 2.45) is 0 Å². The minimum absolute atomic E-state index is 0.00456. The van der Waals surface area contributed by atoms with Gasteiger partial charge in [0.25, 0.3) is 0 Å². The van der Waals surface area contributed by atoms with E-state index in [1.165, 1.54) is 0 Å². The average molecular weight is 363 g/mol. The highest BCUT2D eigenvalue weighted by atomic mass is 127. The zero-order valence-corrected chi connectivity index (χ0v) is 14.0. The van der Waals surface area contributed by atoms with Gasteiger partial charge in [-0.05, 0) is 29.0 Å². The number of rotatable bonds is 5. The van der Waals surface area contributed by atoms with Crippen LogP contribution in [0.1, 0.15) is 45.6 Å². The molecule has 1 rings (SSSR count). The van der Waals surface area contributed by atoms with Gasteiger partial charge in [-0.1, -0.05) is 27.7 Å². The zero-order valence-electron chi connectivity index (χ0n) is 11.8. The molecular formula is C13H22IN3O. The predicted octanol–water partition coefficient (Wildman–Crippen LogP) is 3.35. The third-order valence-corrected chi connectivity index (χ3v) is 3.45. The first-order valence-corrected chi connectivity index (χ1v) is 7.27. The molecule has 5 heteroatoms. The molecule has 0 atom stereocenters. The molecule has 0 spiro atoms. The van der Waals surface area contributed by atoms with Crippen molar-refractivity contribution in [3.8, 4) is 0 Å². The Morgan fingerprint density at radius 2 is 1.94 bits per heavy atom. The normalized spacial score (nSPS) is 11.7. The van der Waals surface area contributed by atoms with Gasteiger partial charge < -0.3 is 10.1 Å². The third-order valence-electron chi connectivity index (χ3n) is 2.42. The molecule has 1 N–H and O–H groups in total. The molecule has 0 fully saturated rings. The van der Waals surface area contributed by atoms with Crippen molar-refractivity contribution in [3.63, 3.8) is 0 Å². The maximum Gasteiger partial charge on any atom is 0.156 e. The lowest BCUT2D eigenvalue weighted by Gasteiger charge is -2.22. The molecule has 4 nitrogen and oxygen atoms in total. The van der Waals surface area contributed by atoms with Gasteiger partial charge in [0.1, 0.15) is 12.4 Å². The van der Waals surface area contributed by atoms with E-state index < -0.39 is 0 Å². The lowest BCUT2D eigenvalue weighted by atomic mass is 9.92. The summed E-state index contributed by atoms with van der Waals surface area (Å²) in [7, 11) is 1.66. The van der Waals surface area contributed by atoms with E-state index in [1.807, 2.05) is 0 Å². The van der Waals surface area contributed by atoms with Crippen molar-refractivity contribution in [1.82, 2.24) is 9.97 Å². The molecule has 102 valence electrons. The van der Waals surface area contributed by atoms with Crippen molar-refractivity contribution >= 4 is 28.4 Å². The number of nitrogens with one attached hydrogen (secondary N) is 1. The van der Waals surface area contributed by atoms with Gasteiger partial charge in [-0.2, -0.15) is 0 Å². The Hall–Kier alpha value is -0.430. The van der Waals surface area contributed by atoms with Crippen LogP contribution >= 0.6 is 22.6 Å². The van der Waals surface area contributed by atoms with Crippen LogP contribution in [-0.2, 0) is 16.8 Å². The summed E-state index contributed by atoms with van der Waals surface area (Å²) in [5, 5.41) is 3.36. The molecule has 0 amide bonds. The Labute approximate surface area is 123 Å². The van der Waals surface area contributed by atoms with Crippen molar-refractivity contribution in [3.05, 3.63) is 15.1 Å². The molecule has 0 radical (unpaired) electrons. The molecule has 1 heterocycles. The number of hydrogen-bond acceptors (Lipinski definition) is 4. The fourth-order valence-corrected chi connectivity index (χ4v) is 2.79. The van der Waals surface area contributed by atoms with E-state index in [9.17, 15) is 0 Å². The minimum Gasteiger partial charge on any atom is -0.377 e. The van der Waals surface area contributed by atoms with E-state index >= 15 is 0 Å². The summed E-state index contributed by atoms with van der Waals surface area (Å²) in [6.07, 6.45) is 1.07. The number of aromatic nitrogens is 2. The summed E-state index contributed by atoms with van der Waals surface area (Å²) >= 11 is 2.32. The lowest BCUT2D eigenvalue weighted by Crippen LogP contribution is -2.20. The first kappa shape index (κ1) is 15.6. The van der Waals surface area contributed by atoms with Gasteiger partial charge in [-0.25, -0.2) is 9.97 Å². The molecule has 0 saturated carbocycles. The van der Waals surface area contributed by atoms with E-state index in [-0.39, 0.29) is 5.41 Å². The Morgan fingerprint density at radius 3 is 2.44 bits per heavy atom. The van der Waals surface area contributed by atoms with Gasteiger partial charge in [-0.15, -0.1) is 0 Å². The van der Waals surface area contributed by atoms with Crippen LogP contribution in [0.4, 0.5) is 5.82 Å². The van der Waals surface area contributed by atoms with Crippen LogP contribution in [0.25, 0.3) is 0 Å². The molecule has 0 aliphatic rings. The summed E-state index contributed by atoms with van der Waals surface area (Å²) in [6, 6.07) is 0. The first-order valence-electron chi connectivity index (χ1n) is 6.19. The van der Waals surface area contributed by atoms with Gasteiger partial charge in [0.2, 0.25) is 0 Å². The Bertz CT molecular complexity index is 402. The number of nitrogens with zero attached hydrogens (tertiary/aromatic N) is 2. The van der Waals surface area contributed by atoms with Crippen LogP contribution in [0.5, 0.6) is 0 Å². The van der Waals surface area contributed by atoms with Crippen molar-refractivity contribution in [1.29, 1.82) is 0 Å². The second-order valence-corrected chi connectivity index (χ2v) is 6.34. The summed E-state index contributed by atoms with van der Waals surface area (Å²) in [5.41, 5.74) is 1.08. The standard InChI is InChI=1S/C13H22IN3O/c1-6-7-15-12-10(14)11(13(2,3)4)16-9(17-12)8-18-5/h6-8H2,1-5H3,(H,15,16,17). The Balaban J connectivity index is 3.20. The second kappa shape index (κ2) is 6.65. The molecule has 0 unspecified atom stereocenters. The van der Waals surface area contributed by atoms with Crippen molar-refractivity contribution in [2.45, 2.75) is 46.1 Å². The zero-order chi connectivity index (χ0) is 13.8. The lowest BCUT2D eigenvalue weighted by molar-refractivity contribution is 0.177. The van der Waals surface area contributed by atoms with Crippen LogP contribution in [0.3, 0.4) is 0 Å². The second-order valence-electron chi connectivity index (χ2n) is 5.26. The van der Waals surface area contributed by atoms with E-state index in [2.05, 4.69) is 65.6 Å². The third kappa shape index (κ3) is 4.05. The number of ether oxygens (including phenoxy) is 1. The van der Waals surface area contributed by atoms with Gasteiger partial charge in [-0.3, -0.25) is 0 Å². The molecule has 0 saturated heterocycles. The molecule has 0 bridgehead atoms. The summed E-state index contributed by atoms with van der Waals surface area (Å²) in [6.45, 7) is 10.00. The summed E-state index contributed by atoms with van der Waals surface area (Å²) in [5.74, 6) is 1.66. The molecule has 1 aromatic rings. The van der Waals surface area contributed by atoms with Crippen LogP contribution in [0, 0.1) is 3.57 Å². The Morgan fingerprint density at radius 1 is 1.28 bits per heavy atom. The van der Waals surface area contributed by atoms with E-state index in [1.54, 1.807) is 7.11 Å². The molecule has 18 heavy (non-hydrogen) atoms. The highest BCUT2D eigenvalue weighted by Gasteiger charge is 2.22. The molecule has 0 aliphatic heterocycles. The van der Waals surface area contributed by atoms with Gasteiger partial charge in [0.05, 0.1) is 9.26 Å². The number of methoxy groups -OCH3 is 1. The van der Waals surface area contributed by atoms with E-state index in [4.69, 9.17) is 4.74 Å². The maximum absolute atomic E-state index is 5.14. The highest BCUT2D eigenvalue weighted by Crippen LogP contribution is 2.29. The number of anilines is 1. The van der Waals surface area contributed by atoms with Crippen LogP contribution < -0.4 is 5.32 Å². The Kier molecular flexibility index (Phi) is 5.78. The summed E-state index contributed by atoms with van der Waals surface area (Å²) < 4.78 is 6.24. The van der Waals surface area contributed by atoms with Gasteiger partial charge >= 0.3 is 0 Å². The number of hydrogen-bond donors (Lipinski definition) is 1. The smallest absolute Gasteiger partial charge is 0.156 e. The minimum atomic E-state index is 0.00456. The average Bonchev–Trinajstić information content (AvgIpc) is 2.28. The predicted molar refractivity (Wildman–Crippen MR) is 82.9 cm³/mol. The van der Waals surface area contributed by atoms with E-state index in [0.717, 1.165) is 33.9 Å². The SMILES string of the molecule is CCCNc1nc(COC)nc(C(C)(C)C)c1I. The largest absolute Gasteiger partial charge is 0.377 e. The van der Waals surface area contributed by atoms with Crippen LogP contribution in [0.2, 0.25) is 0 Å². The van der Waals surface area contributed by atoms with Crippen LogP contribution in [-0.4, -0.2) is 23.6 Å². The summed E-state index contributed by atoms with van der Waals surface area (Å²) in [4.78, 5) is 9.14. The van der Waals surface area contributed by atoms with Crippen molar-refractivity contribution in [2.75, 3.05) is 19.0 Å². The first-order chi connectivity index (χ1) is 8.40. The fourth-order valence-electron chi connectivity index (χ4n) is 1.54. The molecule has 0 aliphatic carbocycles. The quantitative estimate of drug-likeness (QED) is 0.816. The highest BCUT2D eigenvalue weighted by molar-refractivity contribution is 14.1. The van der Waals surface area contributed by atoms with Gasteiger partial charge in [0.15, 0.2) is 5.82 Å². The van der Waals surface area contributed by atoms with Crippen molar-refractivity contribution < 1.29 is 4.74 Å². The fraction of sp³-hybridized carbons (Fsp3) is 0.692. The van der Waals surface area contributed by atoms with Gasteiger partial charge in [0, 0.05) is 19.1 Å². The molecule has 1 aromatic heterocycles. The van der Waals surface area contributed by atoms with E-state index in [0.29, 0.717) is 6.61 Å². The molecule has 0 aromatic carbocycles. The van der Waals surface area contributed by atoms with Crippen LogP contribution in [0.15, 0.2) is 0 Å². The number of halogens is 1. The topological polar surface area (TPSA) is 47.0 Å². The monoisotopic (exact) mass is 363 g/mol. The maximum atomic E-state index is 5.14. The molecular weight excluding hydrogens is 341 g/mol.